The standard InChI is InChI=1S/C17H27BN2O/c1-4-18(5-2)19(15-11-7-6-8-12-15)17(21)16-13-9-10-14-20(16,18)3/h6-8,11-12,16H,4-5,9-10,13-14H2,1-3H3/t16-,20-/m0/s1. The van der Waals surface area contributed by atoms with Gasteiger partial charge in [-0.15, -0.1) is 12.6 Å². The number of likely N-dealkylation sites (N-methyl/N-ethyl adjacent to an activating group) is 1. The molecular formula is C17H27BN2O. The van der Waals surface area contributed by atoms with E-state index in [0.717, 1.165) is 35.7 Å². The topological polar surface area (TPSA) is 20.3 Å². The van der Waals surface area contributed by atoms with E-state index >= 15 is 0 Å². The molecule has 3 rings (SSSR count). The Balaban J connectivity index is 2.16. The van der Waals surface area contributed by atoms with E-state index in [0.29, 0.717) is 5.91 Å². The van der Waals surface area contributed by atoms with Gasteiger partial charge in [-0.3, -0.25) is 4.79 Å². The maximum Gasteiger partial charge on any atom is 0.310 e. The first-order valence-corrected chi connectivity index (χ1v) is 8.53. The van der Waals surface area contributed by atoms with Gasteiger partial charge in [0, 0.05) is 25.7 Å². The number of quaternary nitrogens is 1. The van der Waals surface area contributed by atoms with Gasteiger partial charge in [-0.05, 0) is 25.0 Å². The number of anilines is 1. The summed E-state index contributed by atoms with van der Waals surface area (Å²) in [6.45, 7) is 5.70. The minimum absolute atomic E-state index is 0.179. The summed E-state index contributed by atoms with van der Waals surface area (Å²) >= 11 is 0. The normalized spacial score (nSPS) is 31.3. The summed E-state index contributed by atoms with van der Waals surface area (Å²) in [4.78, 5) is 15.4. The van der Waals surface area contributed by atoms with Gasteiger partial charge in [0.2, 0.25) is 5.91 Å². The third kappa shape index (κ3) is 1.81. The number of amides is 1. The molecule has 1 aromatic rings. The monoisotopic (exact) mass is 286 g/mol. The third-order valence-electron chi connectivity index (χ3n) is 6.52. The van der Waals surface area contributed by atoms with Crippen molar-refractivity contribution >= 4 is 18.0 Å². The van der Waals surface area contributed by atoms with Crippen molar-refractivity contribution in [2.24, 2.45) is 0 Å². The van der Waals surface area contributed by atoms with Crippen molar-refractivity contribution in [1.82, 2.24) is 0 Å². The lowest BCUT2D eigenvalue weighted by atomic mass is 9.38. The number of carbonyl (C=O) groups excluding carboxylic acids is 1. The van der Waals surface area contributed by atoms with Gasteiger partial charge < -0.3 is 9.20 Å². The highest BCUT2D eigenvalue weighted by atomic mass is 16.2. The number of nitrogens with zero attached hydrogens (tertiary/aromatic N) is 2. The average molecular weight is 286 g/mol. The van der Waals surface area contributed by atoms with E-state index in [1.165, 1.54) is 12.8 Å². The van der Waals surface area contributed by atoms with Crippen molar-refractivity contribution in [3.63, 3.8) is 0 Å². The van der Waals surface area contributed by atoms with Crippen molar-refractivity contribution < 1.29 is 9.19 Å². The summed E-state index contributed by atoms with van der Waals surface area (Å²) in [5.41, 5.74) is 1.10. The van der Waals surface area contributed by atoms with Crippen LogP contribution in [-0.4, -0.2) is 36.4 Å². The van der Waals surface area contributed by atoms with Gasteiger partial charge in [0.1, 0.15) is 6.04 Å². The zero-order valence-electron chi connectivity index (χ0n) is 13.6. The Kier molecular flexibility index (Phi) is 3.60. The molecule has 2 aliphatic rings. The molecule has 2 heterocycles. The molecule has 0 radical (unpaired) electrons. The summed E-state index contributed by atoms with van der Waals surface area (Å²) in [7, 11) is 2.34. The van der Waals surface area contributed by atoms with Crippen molar-refractivity contribution in [2.45, 2.75) is 51.8 Å². The lowest BCUT2D eigenvalue weighted by Gasteiger charge is -2.58. The van der Waals surface area contributed by atoms with Crippen LogP contribution in [0.3, 0.4) is 0 Å². The van der Waals surface area contributed by atoms with Crippen LogP contribution in [0.5, 0.6) is 0 Å². The molecule has 0 aromatic heterocycles. The lowest BCUT2D eigenvalue weighted by molar-refractivity contribution is -0.832. The van der Waals surface area contributed by atoms with Crippen LogP contribution in [0, 0.1) is 0 Å². The zero-order chi connectivity index (χ0) is 15.1. The minimum atomic E-state index is -0.889. The first-order chi connectivity index (χ1) is 10.1. The van der Waals surface area contributed by atoms with Crippen LogP contribution in [-0.2, 0) is 4.79 Å². The Morgan fingerprint density at radius 1 is 1.19 bits per heavy atom. The van der Waals surface area contributed by atoms with Gasteiger partial charge in [0.15, 0.2) is 0 Å². The highest BCUT2D eigenvalue weighted by Crippen LogP contribution is 2.46. The van der Waals surface area contributed by atoms with Gasteiger partial charge in [-0.2, -0.15) is 0 Å². The van der Waals surface area contributed by atoms with Crippen molar-refractivity contribution in [1.29, 1.82) is 0 Å². The number of piperidine rings is 1. The maximum atomic E-state index is 13.2. The largest absolute Gasteiger partial charge is 0.489 e. The number of hydrogen-bond acceptors (Lipinski definition) is 1. The maximum absolute atomic E-state index is 13.2. The molecule has 0 aliphatic carbocycles. The average Bonchev–Trinajstić information content (AvgIpc) is 2.72. The molecule has 0 N–H and O–H groups in total. The minimum Gasteiger partial charge on any atom is -0.489 e. The van der Waals surface area contributed by atoms with Crippen LogP contribution in [0.15, 0.2) is 30.3 Å². The number of rotatable bonds is 3. The molecule has 0 saturated carbocycles. The van der Waals surface area contributed by atoms with E-state index in [-0.39, 0.29) is 6.04 Å². The summed E-state index contributed by atoms with van der Waals surface area (Å²) in [5.74, 6) is 0.368. The van der Waals surface area contributed by atoms with Crippen LogP contribution < -0.4 is 4.81 Å². The molecule has 1 amide bonds. The fourth-order valence-electron chi connectivity index (χ4n) is 5.33. The van der Waals surface area contributed by atoms with E-state index in [4.69, 9.17) is 0 Å². The van der Waals surface area contributed by atoms with E-state index in [9.17, 15) is 4.79 Å². The number of hydrogen-bond donors (Lipinski definition) is 0. The summed E-state index contributed by atoms with van der Waals surface area (Å²) in [6.07, 6.45) is 4.77. The van der Waals surface area contributed by atoms with E-state index < -0.39 is 6.42 Å². The second kappa shape index (κ2) is 5.17. The van der Waals surface area contributed by atoms with Crippen molar-refractivity contribution in [3.05, 3.63) is 30.3 Å². The summed E-state index contributed by atoms with van der Waals surface area (Å²) in [6, 6.07) is 10.5. The Hall–Kier alpha value is -1.29. The second-order valence-corrected chi connectivity index (χ2v) is 7.08. The molecule has 4 heteroatoms. The molecule has 2 aliphatic heterocycles. The highest BCUT2D eigenvalue weighted by molar-refractivity contribution is 6.82. The highest BCUT2D eigenvalue weighted by Gasteiger charge is 2.61. The Morgan fingerprint density at radius 3 is 2.48 bits per heavy atom. The zero-order valence-corrected chi connectivity index (χ0v) is 13.6. The van der Waals surface area contributed by atoms with Gasteiger partial charge in [0.05, 0.1) is 0 Å². The molecule has 0 bridgehead atoms. The molecule has 2 saturated heterocycles. The number of fused-ring (bicyclic) bond motifs is 1. The smallest absolute Gasteiger partial charge is 0.310 e. The SMILES string of the molecule is CC[B-]1(CC)N(c2ccccc2)C(=O)[C@@H]2CCCC[N@@+]21C. The second-order valence-electron chi connectivity index (χ2n) is 7.08. The first-order valence-electron chi connectivity index (χ1n) is 8.53. The molecule has 21 heavy (non-hydrogen) atoms. The predicted molar refractivity (Wildman–Crippen MR) is 89.3 cm³/mol. The molecule has 3 nitrogen and oxygen atoms in total. The molecule has 2 fully saturated rings. The summed E-state index contributed by atoms with van der Waals surface area (Å²) < 4.78 is 0.973. The van der Waals surface area contributed by atoms with Gasteiger partial charge in [-0.1, -0.05) is 32.0 Å². The van der Waals surface area contributed by atoms with Crippen LogP contribution >= 0.6 is 0 Å². The quantitative estimate of drug-likeness (QED) is 0.779. The lowest BCUT2D eigenvalue weighted by Crippen LogP contribution is -2.70. The van der Waals surface area contributed by atoms with Crippen molar-refractivity contribution in [3.8, 4) is 0 Å². The van der Waals surface area contributed by atoms with Crippen LogP contribution in [0.2, 0.25) is 12.6 Å². The number of para-hydroxylation sites is 1. The van der Waals surface area contributed by atoms with Gasteiger partial charge in [0.25, 0.3) is 0 Å². The fraction of sp³-hybridized carbons (Fsp3) is 0.588. The van der Waals surface area contributed by atoms with Crippen molar-refractivity contribution in [2.75, 3.05) is 18.4 Å². The van der Waals surface area contributed by atoms with E-state index in [1.54, 1.807) is 0 Å². The van der Waals surface area contributed by atoms with Crippen LogP contribution in [0.1, 0.15) is 33.1 Å². The fourth-order valence-corrected chi connectivity index (χ4v) is 5.33. The molecule has 1 aromatic carbocycles. The molecule has 0 unspecified atom stereocenters. The molecule has 114 valence electrons. The Morgan fingerprint density at radius 2 is 1.86 bits per heavy atom. The number of benzene rings is 1. The van der Waals surface area contributed by atoms with E-state index in [1.807, 2.05) is 18.2 Å². The molecule has 2 atom stereocenters. The van der Waals surface area contributed by atoms with Crippen LogP contribution in [0.25, 0.3) is 0 Å². The predicted octanol–water partition coefficient (Wildman–Crippen LogP) is 3.51. The van der Waals surface area contributed by atoms with Gasteiger partial charge in [-0.25, -0.2) is 0 Å². The van der Waals surface area contributed by atoms with Crippen LogP contribution in [0.4, 0.5) is 5.69 Å². The Bertz CT molecular complexity index is 529. The van der Waals surface area contributed by atoms with E-state index in [2.05, 4.69) is 37.8 Å². The summed E-state index contributed by atoms with van der Waals surface area (Å²) in [5, 5.41) is 0. The Labute approximate surface area is 128 Å². The molecule has 0 spiro atoms. The van der Waals surface area contributed by atoms with Gasteiger partial charge >= 0.3 is 6.42 Å². The number of carbonyl (C=O) groups is 1. The third-order valence-corrected chi connectivity index (χ3v) is 6.52. The first kappa shape index (κ1) is 14.6. The molecular weight excluding hydrogens is 259 g/mol.